The normalized spacial score (nSPS) is 11.3. The minimum Gasteiger partial charge on any atom is -0.384 e. The molecular formula is C14H17F2N3. The summed E-state index contributed by atoms with van der Waals surface area (Å²) in [5.74, 6) is -0.144. The Bertz CT molecular complexity index is 603. The topological polar surface area (TPSA) is 43.8 Å². The molecule has 0 unspecified atom stereocenters. The molecule has 1 aromatic heterocycles. The fraction of sp³-hybridized carbons (Fsp3) is 0.357. The fourth-order valence-corrected chi connectivity index (χ4v) is 2.09. The van der Waals surface area contributed by atoms with Crippen LogP contribution >= 0.6 is 0 Å². The van der Waals surface area contributed by atoms with Crippen molar-refractivity contribution in [2.75, 3.05) is 5.73 Å². The Kier molecular flexibility index (Phi) is 3.55. The number of hydrogen-bond acceptors (Lipinski definition) is 2. The Hall–Kier alpha value is -1.91. The molecule has 5 heteroatoms. The third kappa shape index (κ3) is 2.59. The Labute approximate surface area is 111 Å². The van der Waals surface area contributed by atoms with E-state index in [-0.39, 0.29) is 5.56 Å². The lowest BCUT2D eigenvalue weighted by atomic mass is 9.99. The summed E-state index contributed by atoms with van der Waals surface area (Å²) in [5.41, 5.74) is 7.30. The summed E-state index contributed by atoms with van der Waals surface area (Å²) in [6, 6.07) is 3.35. The monoisotopic (exact) mass is 265 g/mol. The van der Waals surface area contributed by atoms with E-state index in [1.807, 2.05) is 13.8 Å². The van der Waals surface area contributed by atoms with E-state index in [0.29, 0.717) is 23.9 Å². The number of nitrogens with two attached hydrogens (primary N) is 1. The molecule has 0 aliphatic rings. The summed E-state index contributed by atoms with van der Waals surface area (Å²) in [6.45, 7) is 4.08. The van der Waals surface area contributed by atoms with Crippen molar-refractivity contribution in [3.8, 4) is 11.3 Å². The van der Waals surface area contributed by atoms with Gasteiger partial charge in [0.05, 0.1) is 0 Å². The zero-order valence-electron chi connectivity index (χ0n) is 11.2. The zero-order chi connectivity index (χ0) is 14.2. The van der Waals surface area contributed by atoms with Crippen molar-refractivity contribution in [1.82, 2.24) is 9.78 Å². The van der Waals surface area contributed by atoms with Crippen molar-refractivity contribution in [2.45, 2.75) is 20.3 Å². The molecule has 0 aliphatic carbocycles. The average Bonchev–Trinajstić information content (AvgIpc) is 2.60. The molecule has 0 saturated carbocycles. The van der Waals surface area contributed by atoms with E-state index >= 15 is 0 Å². The molecule has 3 nitrogen and oxygen atoms in total. The molecular weight excluding hydrogens is 248 g/mol. The van der Waals surface area contributed by atoms with E-state index in [0.717, 1.165) is 23.8 Å². The Morgan fingerprint density at radius 1 is 1.32 bits per heavy atom. The summed E-state index contributed by atoms with van der Waals surface area (Å²) < 4.78 is 28.7. The number of benzene rings is 1. The summed E-state index contributed by atoms with van der Waals surface area (Å²) in [4.78, 5) is 0. The second-order valence-corrected chi connectivity index (χ2v) is 5.06. The van der Waals surface area contributed by atoms with Gasteiger partial charge in [-0.3, -0.25) is 4.68 Å². The lowest BCUT2D eigenvalue weighted by Crippen LogP contribution is -2.02. The summed E-state index contributed by atoms with van der Waals surface area (Å²) in [5, 5.41) is 4.22. The maximum Gasteiger partial charge on any atom is 0.132 e. The molecule has 0 fully saturated rings. The van der Waals surface area contributed by atoms with Crippen molar-refractivity contribution in [3.05, 3.63) is 35.4 Å². The van der Waals surface area contributed by atoms with Crippen molar-refractivity contribution in [1.29, 1.82) is 0 Å². The van der Waals surface area contributed by atoms with Gasteiger partial charge >= 0.3 is 0 Å². The first-order chi connectivity index (χ1) is 8.90. The SMILES string of the molecule is CC(C)Cc1c(-c2cc(F)ccc2F)nn(C)c1N. The van der Waals surface area contributed by atoms with Crippen LogP contribution in [0.5, 0.6) is 0 Å². The van der Waals surface area contributed by atoms with E-state index in [1.165, 1.54) is 4.68 Å². The third-order valence-corrected chi connectivity index (χ3v) is 2.99. The molecule has 1 aromatic carbocycles. The van der Waals surface area contributed by atoms with Crippen LogP contribution in [0.25, 0.3) is 11.3 Å². The van der Waals surface area contributed by atoms with Crippen LogP contribution < -0.4 is 5.73 Å². The van der Waals surface area contributed by atoms with Gasteiger partial charge in [-0.2, -0.15) is 5.10 Å². The molecule has 2 rings (SSSR count). The first-order valence-corrected chi connectivity index (χ1v) is 6.17. The van der Waals surface area contributed by atoms with Crippen LogP contribution in [0, 0.1) is 17.6 Å². The molecule has 0 radical (unpaired) electrons. The summed E-state index contributed by atoms with van der Waals surface area (Å²) >= 11 is 0. The molecule has 0 spiro atoms. The number of anilines is 1. The van der Waals surface area contributed by atoms with Gasteiger partial charge in [0.25, 0.3) is 0 Å². The summed E-state index contributed by atoms with van der Waals surface area (Å²) in [6.07, 6.45) is 0.672. The highest BCUT2D eigenvalue weighted by atomic mass is 19.1. The van der Waals surface area contributed by atoms with Gasteiger partial charge in [0, 0.05) is 18.2 Å². The molecule has 19 heavy (non-hydrogen) atoms. The largest absolute Gasteiger partial charge is 0.384 e. The maximum atomic E-state index is 13.9. The Morgan fingerprint density at radius 3 is 2.63 bits per heavy atom. The van der Waals surface area contributed by atoms with Gasteiger partial charge in [-0.05, 0) is 30.5 Å². The van der Waals surface area contributed by atoms with Crippen LogP contribution in [-0.2, 0) is 13.5 Å². The predicted molar refractivity (Wildman–Crippen MR) is 71.5 cm³/mol. The average molecular weight is 265 g/mol. The Morgan fingerprint density at radius 2 is 2.00 bits per heavy atom. The number of aromatic nitrogens is 2. The van der Waals surface area contributed by atoms with Crippen LogP contribution in [0.1, 0.15) is 19.4 Å². The first kappa shape index (κ1) is 13.5. The van der Waals surface area contributed by atoms with Crippen molar-refractivity contribution in [3.63, 3.8) is 0 Å². The van der Waals surface area contributed by atoms with E-state index in [4.69, 9.17) is 5.73 Å². The smallest absolute Gasteiger partial charge is 0.132 e. The van der Waals surface area contributed by atoms with E-state index in [9.17, 15) is 8.78 Å². The summed E-state index contributed by atoms with van der Waals surface area (Å²) in [7, 11) is 1.69. The maximum absolute atomic E-state index is 13.9. The second kappa shape index (κ2) is 4.99. The van der Waals surface area contributed by atoms with Gasteiger partial charge in [0.1, 0.15) is 23.1 Å². The fourth-order valence-electron chi connectivity index (χ4n) is 2.09. The number of hydrogen-bond donors (Lipinski definition) is 1. The van der Waals surface area contributed by atoms with Gasteiger partial charge in [-0.1, -0.05) is 13.8 Å². The van der Waals surface area contributed by atoms with Crippen LogP contribution in [0.3, 0.4) is 0 Å². The first-order valence-electron chi connectivity index (χ1n) is 6.17. The van der Waals surface area contributed by atoms with E-state index in [1.54, 1.807) is 7.05 Å². The number of nitrogen functional groups attached to an aromatic ring is 1. The molecule has 0 amide bonds. The number of nitrogens with zero attached hydrogens (tertiary/aromatic N) is 2. The lowest BCUT2D eigenvalue weighted by Gasteiger charge is -2.07. The highest BCUT2D eigenvalue weighted by Gasteiger charge is 2.19. The van der Waals surface area contributed by atoms with Crippen molar-refractivity contribution < 1.29 is 8.78 Å². The predicted octanol–water partition coefficient (Wildman–Crippen LogP) is 3.15. The molecule has 0 atom stereocenters. The van der Waals surface area contributed by atoms with Crippen molar-refractivity contribution >= 4 is 5.82 Å². The van der Waals surface area contributed by atoms with Gasteiger partial charge in [0.15, 0.2) is 0 Å². The van der Waals surface area contributed by atoms with Crippen LogP contribution in [0.2, 0.25) is 0 Å². The van der Waals surface area contributed by atoms with Crippen LogP contribution in [-0.4, -0.2) is 9.78 Å². The van der Waals surface area contributed by atoms with E-state index in [2.05, 4.69) is 5.10 Å². The molecule has 1 heterocycles. The van der Waals surface area contributed by atoms with Crippen LogP contribution in [0.4, 0.5) is 14.6 Å². The van der Waals surface area contributed by atoms with Gasteiger partial charge in [-0.25, -0.2) is 8.78 Å². The van der Waals surface area contributed by atoms with Crippen molar-refractivity contribution in [2.24, 2.45) is 13.0 Å². The standard InChI is InChI=1S/C14H17F2N3/c1-8(2)6-11-13(18-19(3)14(11)17)10-7-9(15)4-5-12(10)16/h4-5,7-8H,6,17H2,1-3H3. The quantitative estimate of drug-likeness (QED) is 0.926. The molecule has 102 valence electrons. The Balaban J connectivity index is 2.61. The zero-order valence-corrected chi connectivity index (χ0v) is 11.2. The molecule has 2 N–H and O–H groups in total. The minimum atomic E-state index is -0.496. The lowest BCUT2D eigenvalue weighted by molar-refractivity contribution is 0.601. The number of rotatable bonds is 3. The van der Waals surface area contributed by atoms with Crippen LogP contribution in [0.15, 0.2) is 18.2 Å². The van der Waals surface area contributed by atoms with Gasteiger partial charge in [-0.15, -0.1) is 0 Å². The molecule has 2 aromatic rings. The number of aryl methyl sites for hydroxylation is 1. The van der Waals surface area contributed by atoms with Gasteiger partial charge < -0.3 is 5.73 Å². The molecule has 0 saturated heterocycles. The highest BCUT2D eigenvalue weighted by Crippen LogP contribution is 2.31. The second-order valence-electron chi connectivity index (χ2n) is 5.06. The minimum absolute atomic E-state index is 0.156. The highest BCUT2D eigenvalue weighted by molar-refractivity contribution is 5.69. The van der Waals surface area contributed by atoms with E-state index < -0.39 is 11.6 Å². The molecule has 0 bridgehead atoms. The third-order valence-electron chi connectivity index (χ3n) is 2.99. The van der Waals surface area contributed by atoms with Gasteiger partial charge in [0.2, 0.25) is 0 Å². The molecule has 0 aliphatic heterocycles. The number of halogens is 2.